The van der Waals surface area contributed by atoms with Crippen LogP contribution in [-0.4, -0.2) is 19.1 Å². The molecule has 0 fully saturated rings. The summed E-state index contributed by atoms with van der Waals surface area (Å²) in [5.41, 5.74) is 17.1. The minimum absolute atomic E-state index is 0.430. The molecule has 0 aromatic carbocycles. The fourth-order valence-electron chi connectivity index (χ4n) is 2.84. The van der Waals surface area contributed by atoms with Crippen LogP contribution in [-0.2, 0) is 0 Å². The summed E-state index contributed by atoms with van der Waals surface area (Å²) in [5, 5.41) is 0. The quantitative estimate of drug-likeness (QED) is 0.354. The van der Waals surface area contributed by atoms with E-state index < -0.39 is 0 Å². The third-order valence-electron chi connectivity index (χ3n) is 4.31. The number of hydrogen-bond donors (Lipinski definition) is 3. The van der Waals surface area contributed by atoms with E-state index in [-0.39, 0.29) is 0 Å². The summed E-state index contributed by atoms with van der Waals surface area (Å²) < 4.78 is 0. The second-order valence-corrected chi connectivity index (χ2v) is 6.51. The topological polar surface area (TPSA) is 78.1 Å². The monoisotopic (exact) mass is 299 g/mol. The van der Waals surface area contributed by atoms with Crippen LogP contribution in [0.25, 0.3) is 0 Å². The van der Waals surface area contributed by atoms with Crippen molar-refractivity contribution in [2.75, 3.05) is 13.1 Å². The molecule has 0 spiro atoms. The predicted molar refractivity (Wildman–Crippen MR) is 95.3 cm³/mol. The highest BCUT2D eigenvalue weighted by atomic mass is 14.6. The van der Waals surface area contributed by atoms with Gasteiger partial charge < -0.3 is 17.2 Å². The SMILES string of the molecule is NCCCCCCCCCCCC(N)CCCCCCN. The summed E-state index contributed by atoms with van der Waals surface area (Å²) in [6, 6.07) is 0.430. The molecule has 0 saturated carbocycles. The van der Waals surface area contributed by atoms with Gasteiger partial charge in [-0.1, -0.05) is 70.6 Å². The van der Waals surface area contributed by atoms with E-state index in [1.165, 1.54) is 96.3 Å². The van der Waals surface area contributed by atoms with Gasteiger partial charge in [0.1, 0.15) is 0 Å². The Morgan fingerprint density at radius 3 is 1.05 bits per heavy atom. The molecule has 3 nitrogen and oxygen atoms in total. The summed E-state index contributed by atoms with van der Waals surface area (Å²) in [6.07, 6.45) is 19.6. The van der Waals surface area contributed by atoms with Gasteiger partial charge in [0.25, 0.3) is 0 Å². The van der Waals surface area contributed by atoms with E-state index >= 15 is 0 Å². The molecule has 3 heteroatoms. The highest BCUT2D eigenvalue weighted by Crippen LogP contribution is 2.13. The Hall–Kier alpha value is -0.120. The van der Waals surface area contributed by atoms with Gasteiger partial charge in [-0.3, -0.25) is 0 Å². The van der Waals surface area contributed by atoms with E-state index in [2.05, 4.69) is 0 Å². The smallest absolute Gasteiger partial charge is 0.00388 e. The van der Waals surface area contributed by atoms with Crippen molar-refractivity contribution in [2.24, 2.45) is 17.2 Å². The molecule has 1 unspecified atom stereocenters. The van der Waals surface area contributed by atoms with Crippen LogP contribution < -0.4 is 17.2 Å². The molecule has 0 aromatic heterocycles. The Labute approximate surface area is 133 Å². The third-order valence-corrected chi connectivity index (χ3v) is 4.31. The van der Waals surface area contributed by atoms with Crippen molar-refractivity contribution in [3.05, 3.63) is 0 Å². The lowest BCUT2D eigenvalue weighted by atomic mass is 10.0. The molecule has 6 N–H and O–H groups in total. The molecule has 0 aliphatic heterocycles. The zero-order valence-corrected chi connectivity index (χ0v) is 14.3. The van der Waals surface area contributed by atoms with E-state index in [1.807, 2.05) is 0 Å². The first kappa shape index (κ1) is 20.9. The average Bonchev–Trinajstić information content (AvgIpc) is 2.49. The Bertz CT molecular complexity index is 185. The van der Waals surface area contributed by atoms with E-state index in [0.29, 0.717) is 6.04 Å². The van der Waals surface area contributed by atoms with Crippen molar-refractivity contribution in [1.82, 2.24) is 0 Å². The average molecular weight is 300 g/mol. The molecule has 128 valence electrons. The van der Waals surface area contributed by atoms with E-state index in [9.17, 15) is 0 Å². The lowest BCUT2D eigenvalue weighted by Crippen LogP contribution is -2.19. The Morgan fingerprint density at radius 1 is 0.429 bits per heavy atom. The highest BCUT2D eigenvalue weighted by molar-refractivity contribution is 4.62. The van der Waals surface area contributed by atoms with E-state index in [4.69, 9.17) is 17.2 Å². The highest BCUT2D eigenvalue weighted by Gasteiger charge is 2.02. The van der Waals surface area contributed by atoms with Gasteiger partial charge in [0.15, 0.2) is 0 Å². The number of rotatable bonds is 17. The molecule has 0 bridgehead atoms. The Kier molecular flexibility index (Phi) is 17.8. The molecule has 0 amide bonds. The van der Waals surface area contributed by atoms with Crippen molar-refractivity contribution in [1.29, 1.82) is 0 Å². The molecule has 1 atom stereocenters. The van der Waals surface area contributed by atoms with Crippen LogP contribution in [0.2, 0.25) is 0 Å². The summed E-state index contributed by atoms with van der Waals surface area (Å²) in [6.45, 7) is 1.69. The largest absolute Gasteiger partial charge is 0.330 e. The standard InChI is InChI=1S/C18H41N3/c19-16-12-8-5-3-1-2-4-6-10-14-18(21)15-11-7-9-13-17-20/h18H,1-17,19-21H2. The fourth-order valence-corrected chi connectivity index (χ4v) is 2.84. The minimum Gasteiger partial charge on any atom is -0.330 e. The summed E-state index contributed by atoms with van der Waals surface area (Å²) in [4.78, 5) is 0. The first-order valence-corrected chi connectivity index (χ1v) is 9.47. The normalized spacial score (nSPS) is 12.7. The summed E-state index contributed by atoms with van der Waals surface area (Å²) in [7, 11) is 0. The minimum atomic E-state index is 0.430. The first-order chi connectivity index (χ1) is 10.3. The van der Waals surface area contributed by atoms with Crippen LogP contribution in [0.15, 0.2) is 0 Å². The van der Waals surface area contributed by atoms with Gasteiger partial charge >= 0.3 is 0 Å². The summed E-state index contributed by atoms with van der Waals surface area (Å²) in [5.74, 6) is 0. The first-order valence-electron chi connectivity index (χ1n) is 9.47. The van der Waals surface area contributed by atoms with Gasteiger partial charge in [0.05, 0.1) is 0 Å². The van der Waals surface area contributed by atoms with Crippen molar-refractivity contribution < 1.29 is 0 Å². The maximum Gasteiger partial charge on any atom is 0.00388 e. The lowest BCUT2D eigenvalue weighted by molar-refractivity contribution is 0.484. The molecule has 0 radical (unpaired) electrons. The molecule has 0 aliphatic rings. The fraction of sp³-hybridized carbons (Fsp3) is 1.00. The third kappa shape index (κ3) is 17.8. The van der Waals surface area contributed by atoms with Crippen LogP contribution in [0.3, 0.4) is 0 Å². The molecule has 0 aromatic rings. The van der Waals surface area contributed by atoms with Gasteiger partial charge in [-0.15, -0.1) is 0 Å². The Morgan fingerprint density at radius 2 is 0.714 bits per heavy atom. The lowest BCUT2D eigenvalue weighted by Gasteiger charge is -2.11. The van der Waals surface area contributed by atoms with Gasteiger partial charge in [-0.2, -0.15) is 0 Å². The number of unbranched alkanes of at least 4 members (excludes halogenated alkanes) is 11. The van der Waals surface area contributed by atoms with Crippen molar-refractivity contribution in [3.63, 3.8) is 0 Å². The van der Waals surface area contributed by atoms with Crippen LogP contribution in [0.1, 0.15) is 96.3 Å². The van der Waals surface area contributed by atoms with Crippen molar-refractivity contribution in [2.45, 2.75) is 102 Å². The van der Waals surface area contributed by atoms with Crippen LogP contribution in [0.4, 0.5) is 0 Å². The van der Waals surface area contributed by atoms with Crippen molar-refractivity contribution in [3.8, 4) is 0 Å². The van der Waals surface area contributed by atoms with E-state index in [0.717, 1.165) is 13.1 Å². The molecule has 0 heterocycles. The van der Waals surface area contributed by atoms with E-state index in [1.54, 1.807) is 0 Å². The molecule has 0 saturated heterocycles. The molecular formula is C18H41N3. The predicted octanol–water partition coefficient (Wildman–Crippen LogP) is 4.08. The van der Waals surface area contributed by atoms with Crippen molar-refractivity contribution >= 4 is 0 Å². The summed E-state index contributed by atoms with van der Waals surface area (Å²) >= 11 is 0. The number of nitrogens with two attached hydrogens (primary N) is 3. The van der Waals surface area contributed by atoms with Crippen LogP contribution >= 0.6 is 0 Å². The van der Waals surface area contributed by atoms with Crippen LogP contribution in [0.5, 0.6) is 0 Å². The second kappa shape index (κ2) is 17.9. The van der Waals surface area contributed by atoms with Gasteiger partial charge in [-0.25, -0.2) is 0 Å². The second-order valence-electron chi connectivity index (χ2n) is 6.51. The Balaban J connectivity index is 3.09. The number of hydrogen-bond acceptors (Lipinski definition) is 3. The zero-order valence-electron chi connectivity index (χ0n) is 14.3. The zero-order chi connectivity index (χ0) is 15.6. The molecule has 0 aliphatic carbocycles. The molecule has 0 rings (SSSR count). The molecule has 21 heavy (non-hydrogen) atoms. The maximum absolute atomic E-state index is 6.16. The van der Waals surface area contributed by atoms with Gasteiger partial charge in [-0.05, 0) is 38.8 Å². The molecular weight excluding hydrogens is 258 g/mol. The van der Waals surface area contributed by atoms with Gasteiger partial charge in [0, 0.05) is 6.04 Å². The van der Waals surface area contributed by atoms with Crippen LogP contribution in [0, 0.1) is 0 Å². The van der Waals surface area contributed by atoms with Gasteiger partial charge in [0.2, 0.25) is 0 Å². The maximum atomic E-state index is 6.16.